The molecular formula is C13H16N4O. The molecule has 2 aromatic rings. The van der Waals surface area contributed by atoms with Gasteiger partial charge in [-0.05, 0) is 43.2 Å². The van der Waals surface area contributed by atoms with Crippen LogP contribution >= 0.6 is 0 Å². The van der Waals surface area contributed by atoms with Crippen LogP contribution in [0, 0.1) is 13.8 Å². The van der Waals surface area contributed by atoms with Gasteiger partial charge in [0.05, 0.1) is 25.2 Å². The molecule has 0 radical (unpaired) electrons. The van der Waals surface area contributed by atoms with E-state index in [1.165, 1.54) is 0 Å². The number of benzene rings is 1. The summed E-state index contributed by atoms with van der Waals surface area (Å²) in [5.74, 6) is 1.25. The summed E-state index contributed by atoms with van der Waals surface area (Å²) >= 11 is 0. The molecule has 5 heteroatoms. The van der Waals surface area contributed by atoms with Gasteiger partial charge >= 0.3 is 0 Å². The van der Waals surface area contributed by atoms with Crippen LogP contribution in [0.5, 0.6) is 5.75 Å². The van der Waals surface area contributed by atoms with Gasteiger partial charge in [-0.2, -0.15) is 5.10 Å². The summed E-state index contributed by atoms with van der Waals surface area (Å²) in [5, 5.41) is 4.26. The maximum atomic E-state index is 5.70. The Hall–Kier alpha value is -2.30. The molecule has 94 valence electrons. The first kappa shape index (κ1) is 12.2. The van der Waals surface area contributed by atoms with E-state index >= 15 is 0 Å². The van der Waals surface area contributed by atoms with Gasteiger partial charge in [0, 0.05) is 0 Å². The van der Waals surface area contributed by atoms with E-state index in [-0.39, 0.29) is 0 Å². The second-order valence-corrected chi connectivity index (χ2v) is 4.06. The highest BCUT2D eigenvalue weighted by atomic mass is 16.5. The standard InChI is InChI=1S/C13H16N4O/c1-9-6-11(4-5-12(9)18-3)7-15-17-8-10(2)16-13(17)14/h4-8H,1-3H3,(H2,14,16). The molecule has 0 saturated heterocycles. The zero-order chi connectivity index (χ0) is 13.1. The van der Waals surface area contributed by atoms with Crippen LogP contribution < -0.4 is 10.5 Å². The number of hydrogen-bond acceptors (Lipinski definition) is 4. The van der Waals surface area contributed by atoms with Gasteiger partial charge in [-0.15, -0.1) is 0 Å². The van der Waals surface area contributed by atoms with Crippen LogP contribution in [0.3, 0.4) is 0 Å². The van der Waals surface area contributed by atoms with Crippen molar-refractivity contribution in [2.24, 2.45) is 5.10 Å². The fourth-order valence-electron chi connectivity index (χ4n) is 1.71. The van der Waals surface area contributed by atoms with Crippen molar-refractivity contribution in [3.63, 3.8) is 0 Å². The highest BCUT2D eigenvalue weighted by Gasteiger charge is 2.00. The van der Waals surface area contributed by atoms with Crippen molar-refractivity contribution in [3.8, 4) is 5.75 Å². The van der Waals surface area contributed by atoms with Crippen molar-refractivity contribution < 1.29 is 4.74 Å². The molecule has 0 aliphatic heterocycles. The number of imidazole rings is 1. The second-order valence-electron chi connectivity index (χ2n) is 4.06. The molecule has 2 rings (SSSR count). The number of nitrogen functional groups attached to an aromatic ring is 1. The smallest absolute Gasteiger partial charge is 0.221 e. The lowest BCUT2D eigenvalue weighted by Crippen LogP contribution is -1.97. The average molecular weight is 244 g/mol. The molecule has 0 spiro atoms. The highest BCUT2D eigenvalue weighted by molar-refractivity contribution is 5.80. The fraction of sp³-hybridized carbons (Fsp3) is 0.231. The lowest BCUT2D eigenvalue weighted by molar-refractivity contribution is 0.411. The summed E-state index contributed by atoms with van der Waals surface area (Å²) in [6, 6.07) is 5.86. The zero-order valence-electron chi connectivity index (χ0n) is 10.7. The van der Waals surface area contributed by atoms with Crippen molar-refractivity contribution in [2.45, 2.75) is 13.8 Å². The Morgan fingerprint density at radius 2 is 2.17 bits per heavy atom. The predicted molar refractivity (Wildman–Crippen MR) is 72.1 cm³/mol. The van der Waals surface area contributed by atoms with Crippen molar-refractivity contribution in [1.29, 1.82) is 0 Å². The van der Waals surface area contributed by atoms with E-state index in [9.17, 15) is 0 Å². The summed E-state index contributed by atoms with van der Waals surface area (Å²) in [6.07, 6.45) is 3.52. The zero-order valence-corrected chi connectivity index (χ0v) is 10.7. The summed E-state index contributed by atoms with van der Waals surface area (Å²) < 4.78 is 6.76. The molecule has 0 aliphatic rings. The van der Waals surface area contributed by atoms with Gasteiger partial charge < -0.3 is 10.5 Å². The summed E-state index contributed by atoms with van der Waals surface area (Å²) in [6.45, 7) is 3.87. The maximum absolute atomic E-state index is 5.70. The predicted octanol–water partition coefficient (Wildman–Crippen LogP) is 1.97. The van der Waals surface area contributed by atoms with Gasteiger partial charge in [-0.1, -0.05) is 0 Å². The largest absolute Gasteiger partial charge is 0.496 e. The van der Waals surface area contributed by atoms with Crippen molar-refractivity contribution in [1.82, 2.24) is 9.66 Å². The fourth-order valence-corrected chi connectivity index (χ4v) is 1.71. The molecule has 5 nitrogen and oxygen atoms in total. The maximum Gasteiger partial charge on any atom is 0.221 e. The number of rotatable bonds is 3. The Bertz CT molecular complexity index is 587. The number of hydrogen-bond donors (Lipinski definition) is 1. The summed E-state index contributed by atoms with van der Waals surface area (Å²) in [7, 11) is 1.66. The van der Waals surface area contributed by atoms with E-state index in [1.807, 2.05) is 32.0 Å². The van der Waals surface area contributed by atoms with Crippen LogP contribution in [0.2, 0.25) is 0 Å². The monoisotopic (exact) mass is 244 g/mol. The van der Waals surface area contributed by atoms with Crippen LogP contribution in [0.25, 0.3) is 0 Å². The Labute approximate surface area is 106 Å². The molecule has 2 N–H and O–H groups in total. The molecule has 0 fully saturated rings. The third-order valence-corrected chi connectivity index (χ3v) is 2.58. The Morgan fingerprint density at radius 3 is 2.72 bits per heavy atom. The number of aromatic nitrogens is 2. The minimum Gasteiger partial charge on any atom is -0.496 e. The minimum atomic E-state index is 0.383. The molecule has 0 bridgehead atoms. The van der Waals surface area contributed by atoms with Crippen LogP contribution in [-0.2, 0) is 0 Å². The summed E-state index contributed by atoms with van der Waals surface area (Å²) in [5.41, 5.74) is 8.59. The lowest BCUT2D eigenvalue weighted by Gasteiger charge is -2.04. The van der Waals surface area contributed by atoms with Gasteiger partial charge in [-0.25, -0.2) is 9.66 Å². The Morgan fingerprint density at radius 1 is 1.39 bits per heavy atom. The van der Waals surface area contributed by atoms with E-state index in [0.717, 1.165) is 22.6 Å². The van der Waals surface area contributed by atoms with Gasteiger partial charge in [0.1, 0.15) is 5.75 Å². The minimum absolute atomic E-state index is 0.383. The van der Waals surface area contributed by atoms with E-state index < -0.39 is 0 Å². The van der Waals surface area contributed by atoms with E-state index in [1.54, 1.807) is 24.2 Å². The van der Waals surface area contributed by atoms with Crippen molar-refractivity contribution in [3.05, 3.63) is 41.2 Å². The molecule has 0 aliphatic carbocycles. The first-order chi connectivity index (χ1) is 8.60. The number of nitrogens with two attached hydrogens (primary N) is 1. The molecule has 1 aromatic carbocycles. The Balaban J connectivity index is 2.24. The summed E-state index contributed by atoms with van der Waals surface area (Å²) in [4.78, 5) is 4.08. The topological polar surface area (TPSA) is 65.4 Å². The van der Waals surface area contributed by atoms with Crippen LogP contribution in [0.15, 0.2) is 29.5 Å². The molecule has 1 heterocycles. The number of methoxy groups -OCH3 is 1. The van der Waals surface area contributed by atoms with Crippen LogP contribution in [-0.4, -0.2) is 23.0 Å². The first-order valence-corrected chi connectivity index (χ1v) is 5.60. The molecular weight excluding hydrogens is 228 g/mol. The van der Waals surface area contributed by atoms with E-state index in [0.29, 0.717) is 5.95 Å². The van der Waals surface area contributed by atoms with Gasteiger partial charge in [0.2, 0.25) is 5.95 Å². The Kier molecular flexibility index (Phi) is 3.32. The molecule has 1 aromatic heterocycles. The molecule has 0 atom stereocenters. The number of anilines is 1. The third kappa shape index (κ3) is 2.51. The molecule has 0 unspecified atom stereocenters. The highest BCUT2D eigenvalue weighted by Crippen LogP contribution is 2.17. The first-order valence-electron chi connectivity index (χ1n) is 5.60. The SMILES string of the molecule is COc1ccc(C=Nn2cc(C)nc2N)cc1C. The van der Waals surface area contributed by atoms with Crippen molar-refractivity contribution in [2.75, 3.05) is 12.8 Å². The van der Waals surface area contributed by atoms with E-state index in [4.69, 9.17) is 10.5 Å². The van der Waals surface area contributed by atoms with Gasteiger partial charge in [0.15, 0.2) is 0 Å². The van der Waals surface area contributed by atoms with Gasteiger partial charge in [-0.3, -0.25) is 0 Å². The lowest BCUT2D eigenvalue weighted by atomic mass is 10.1. The number of ether oxygens (including phenoxy) is 1. The second kappa shape index (κ2) is 4.91. The van der Waals surface area contributed by atoms with Gasteiger partial charge in [0.25, 0.3) is 0 Å². The third-order valence-electron chi connectivity index (χ3n) is 2.58. The number of nitrogens with zero attached hydrogens (tertiary/aromatic N) is 3. The van der Waals surface area contributed by atoms with Crippen LogP contribution in [0.1, 0.15) is 16.8 Å². The van der Waals surface area contributed by atoms with Crippen LogP contribution in [0.4, 0.5) is 5.95 Å². The average Bonchev–Trinajstić information content (AvgIpc) is 2.65. The quantitative estimate of drug-likeness (QED) is 0.839. The molecule has 0 saturated carbocycles. The molecule has 0 amide bonds. The number of aryl methyl sites for hydroxylation is 2. The van der Waals surface area contributed by atoms with Crippen molar-refractivity contribution >= 4 is 12.2 Å². The van der Waals surface area contributed by atoms with E-state index in [2.05, 4.69) is 10.1 Å². The molecule has 18 heavy (non-hydrogen) atoms. The normalized spacial score (nSPS) is 11.1.